The second-order valence-corrected chi connectivity index (χ2v) is 4.65. The Morgan fingerprint density at radius 1 is 0.800 bits per heavy atom. The van der Waals surface area contributed by atoms with Gasteiger partial charge in [-0.1, -0.05) is 18.2 Å². The molecule has 4 aromatic rings. The summed E-state index contributed by atoms with van der Waals surface area (Å²) in [5, 5.41) is 1.19. The zero-order valence-corrected chi connectivity index (χ0v) is 10.5. The highest BCUT2D eigenvalue weighted by molar-refractivity contribution is 5.91. The van der Waals surface area contributed by atoms with Gasteiger partial charge in [-0.15, -0.1) is 0 Å². The Labute approximate surface area is 114 Å². The van der Waals surface area contributed by atoms with Crippen molar-refractivity contribution in [3.05, 3.63) is 71.3 Å². The monoisotopic (exact) mass is 262 g/mol. The largest absolute Gasteiger partial charge is 0.472 e. The maximum atomic E-state index is 12.5. The van der Waals surface area contributed by atoms with Crippen molar-refractivity contribution in [1.29, 1.82) is 0 Å². The molecule has 0 saturated heterocycles. The Morgan fingerprint density at radius 2 is 1.65 bits per heavy atom. The standard InChI is InChI=1S/C17H10O3/c18-17-13-3-1-2-4-15(13)20-16-6-5-11(9-14(16)17)12-7-8-19-10-12/h1-10H. The van der Waals surface area contributed by atoms with E-state index in [9.17, 15) is 4.79 Å². The van der Waals surface area contributed by atoms with Crippen LogP contribution < -0.4 is 5.43 Å². The minimum atomic E-state index is -0.00723. The molecule has 0 aliphatic rings. The van der Waals surface area contributed by atoms with Crippen LogP contribution in [0.25, 0.3) is 33.1 Å². The van der Waals surface area contributed by atoms with Gasteiger partial charge in [-0.05, 0) is 35.9 Å². The summed E-state index contributed by atoms with van der Waals surface area (Å²) < 4.78 is 10.9. The Bertz CT molecular complexity index is 963. The van der Waals surface area contributed by atoms with Crippen LogP contribution in [-0.4, -0.2) is 0 Å². The summed E-state index contributed by atoms with van der Waals surface area (Å²) in [6.45, 7) is 0. The zero-order chi connectivity index (χ0) is 13.5. The number of rotatable bonds is 1. The SMILES string of the molecule is O=c1c2ccccc2oc2ccc(-c3ccoc3)cc12. The predicted molar refractivity (Wildman–Crippen MR) is 77.7 cm³/mol. The van der Waals surface area contributed by atoms with Gasteiger partial charge in [0.15, 0.2) is 0 Å². The molecular weight excluding hydrogens is 252 g/mol. The van der Waals surface area contributed by atoms with Crippen LogP contribution in [0.3, 0.4) is 0 Å². The molecule has 0 aliphatic carbocycles. The molecule has 0 aliphatic heterocycles. The Hall–Kier alpha value is -2.81. The van der Waals surface area contributed by atoms with Gasteiger partial charge in [0.2, 0.25) is 5.43 Å². The molecular formula is C17H10O3. The first-order valence-electron chi connectivity index (χ1n) is 6.31. The fourth-order valence-corrected chi connectivity index (χ4v) is 2.41. The molecule has 2 heterocycles. The van der Waals surface area contributed by atoms with Gasteiger partial charge in [0.05, 0.1) is 23.3 Å². The first-order chi connectivity index (χ1) is 9.83. The predicted octanol–water partition coefficient (Wildman–Crippen LogP) is 4.21. The molecule has 0 atom stereocenters. The van der Waals surface area contributed by atoms with Crippen LogP contribution in [0.4, 0.5) is 0 Å². The van der Waals surface area contributed by atoms with E-state index < -0.39 is 0 Å². The highest BCUT2D eigenvalue weighted by atomic mass is 16.3. The van der Waals surface area contributed by atoms with E-state index in [1.165, 1.54) is 0 Å². The molecule has 4 rings (SSSR count). The molecule has 0 bridgehead atoms. The van der Waals surface area contributed by atoms with Crippen molar-refractivity contribution in [2.75, 3.05) is 0 Å². The van der Waals surface area contributed by atoms with E-state index in [0.29, 0.717) is 21.9 Å². The van der Waals surface area contributed by atoms with Crippen LogP contribution in [0, 0.1) is 0 Å². The van der Waals surface area contributed by atoms with Gasteiger partial charge in [-0.2, -0.15) is 0 Å². The molecule has 3 heteroatoms. The summed E-state index contributed by atoms with van der Waals surface area (Å²) in [4.78, 5) is 12.5. The topological polar surface area (TPSA) is 43.4 Å². The Morgan fingerprint density at radius 3 is 2.50 bits per heavy atom. The maximum absolute atomic E-state index is 12.5. The van der Waals surface area contributed by atoms with Crippen LogP contribution in [0.5, 0.6) is 0 Å². The lowest BCUT2D eigenvalue weighted by molar-refractivity contribution is 0.568. The smallest absolute Gasteiger partial charge is 0.200 e. The van der Waals surface area contributed by atoms with Gasteiger partial charge in [0, 0.05) is 5.56 Å². The average Bonchev–Trinajstić information content (AvgIpc) is 3.02. The van der Waals surface area contributed by atoms with Gasteiger partial charge in [-0.25, -0.2) is 0 Å². The molecule has 0 amide bonds. The average molecular weight is 262 g/mol. The summed E-state index contributed by atoms with van der Waals surface area (Å²) in [6.07, 6.45) is 3.27. The number of para-hydroxylation sites is 1. The lowest BCUT2D eigenvalue weighted by Crippen LogP contribution is -2.01. The van der Waals surface area contributed by atoms with E-state index in [1.54, 1.807) is 24.7 Å². The van der Waals surface area contributed by atoms with Crippen LogP contribution in [-0.2, 0) is 0 Å². The highest BCUT2D eigenvalue weighted by Gasteiger charge is 2.09. The van der Waals surface area contributed by atoms with Crippen molar-refractivity contribution < 1.29 is 8.83 Å². The van der Waals surface area contributed by atoms with Crippen molar-refractivity contribution >= 4 is 21.9 Å². The second-order valence-electron chi connectivity index (χ2n) is 4.65. The first kappa shape index (κ1) is 11.1. The van der Waals surface area contributed by atoms with Gasteiger partial charge >= 0.3 is 0 Å². The number of benzene rings is 2. The summed E-state index contributed by atoms with van der Waals surface area (Å²) in [5.74, 6) is 0. The van der Waals surface area contributed by atoms with Crippen LogP contribution in [0.2, 0.25) is 0 Å². The molecule has 0 spiro atoms. The van der Waals surface area contributed by atoms with Crippen molar-refractivity contribution in [2.45, 2.75) is 0 Å². The second kappa shape index (κ2) is 4.10. The van der Waals surface area contributed by atoms with Gasteiger partial charge in [0.1, 0.15) is 11.2 Å². The lowest BCUT2D eigenvalue weighted by atomic mass is 10.1. The van der Waals surface area contributed by atoms with E-state index in [-0.39, 0.29) is 5.43 Å². The minimum absolute atomic E-state index is 0.00723. The van der Waals surface area contributed by atoms with Gasteiger partial charge < -0.3 is 8.83 Å². The van der Waals surface area contributed by atoms with Crippen LogP contribution in [0.15, 0.2) is 74.7 Å². The minimum Gasteiger partial charge on any atom is -0.472 e. The number of fused-ring (bicyclic) bond motifs is 2. The molecule has 0 radical (unpaired) electrons. The fraction of sp³-hybridized carbons (Fsp3) is 0. The van der Waals surface area contributed by atoms with Crippen molar-refractivity contribution in [2.24, 2.45) is 0 Å². The van der Waals surface area contributed by atoms with Crippen LogP contribution in [0.1, 0.15) is 0 Å². The normalized spacial score (nSPS) is 11.2. The molecule has 0 saturated carbocycles. The summed E-state index contributed by atoms with van der Waals surface area (Å²) in [5.41, 5.74) is 3.09. The van der Waals surface area contributed by atoms with E-state index in [2.05, 4.69) is 0 Å². The third kappa shape index (κ3) is 1.57. The van der Waals surface area contributed by atoms with Crippen molar-refractivity contribution in [3.8, 4) is 11.1 Å². The fourth-order valence-electron chi connectivity index (χ4n) is 2.41. The van der Waals surface area contributed by atoms with Gasteiger partial charge in [0.25, 0.3) is 0 Å². The first-order valence-corrected chi connectivity index (χ1v) is 6.31. The number of furan rings is 1. The summed E-state index contributed by atoms with van der Waals surface area (Å²) in [7, 11) is 0. The third-order valence-electron chi connectivity index (χ3n) is 3.43. The van der Waals surface area contributed by atoms with Gasteiger partial charge in [-0.3, -0.25) is 4.79 Å². The van der Waals surface area contributed by atoms with E-state index in [0.717, 1.165) is 11.1 Å². The molecule has 2 aromatic carbocycles. The third-order valence-corrected chi connectivity index (χ3v) is 3.43. The number of hydrogen-bond donors (Lipinski definition) is 0. The van der Waals surface area contributed by atoms with E-state index in [1.807, 2.05) is 36.4 Å². The maximum Gasteiger partial charge on any atom is 0.200 e. The highest BCUT2D eigenvalue weighted by Crippen LogP contribution is 2.25. The zero-order valence-electron chi connectivity index (χ0n) is 10.5. The van der Waals surface area contributed by atoms with E-state index >= 15 is 0 Å². The lowest BCUT2D eigenvalue weighted by Gasteiger charge is -2.03. The molecule has 0 fully saturated rings. The van der Waals surface area contributed by atoms with Crippen molar-refractivity contribution in [1.82, 2.24) is 0 Å². The Kier molecular flexibility index (Phi) is 2.27. The molecule has 0 unspecified atom stereocenters. The molecule has 2 aromatic heterocycles. The van der Waals surface area contributed by atoms with Crippen molar-refractivity contribution in [3.63, 3.8) is 0 Å². The summed E-state index contributed by atoms with van der Waals surface area (Å²) in [6, 6.07) is 14.7. The number of hydrogen-bond acceptors (Lipinski definition) is 3. The summed E-state index contributed by atoms with van der Waals surface area (Å²) >= 11 is 0. The van der Waals surface area contributed by atoms with E-state index in [4.69, 9.17) is 8.83 Å². The molecule has 20 heavy (non-hydrogen) atoms. The molecule has 96 valence electrons. The molecule has 3 nitrogen and oxygen atoms in total. The Balaban J connectivity index is 2.10. The quantitative estimate of drug-likeness (QED) is 0.483. The van der Waals surface area contributed by atoms with Crippen LogP contribution >= 0.6 is 0 Å². The molecule has 0 N–H and O–H groups in total.